The number of nitrogens with zero attached hydrogens (tertiary/aromatic N) is 5. The first-order valence-electron chi connectivity index (χ1n) is 10.3. The molecule has 2 aromatic rings. The van der Waals surface area contributed by atoms with E-state index in [1.165, 1.54) is 5.69 Å². The van der Waals surface area contributed by atoms with Crippen molar-refractivity contribution in [2.24, 2.45) is 5.92 Å². The Morgan fingerprint density at radius 2 is 1.61 bits per heavy atom. The molecule has 2 saturated heterocycles. The van der Waals surface area contributed by atoms with Crippen LogP contribution in [0.4, 0.5) is 11.6 Å². The van der Waals surface area contributed by atoms with Gasteiger partial charge in [-0.3, -0.25) is 4.79 Å². The first-order valence-corrected chi connectivity index (χ1v) is 10.3. The van der Waals surface area contributed by atoms with Crippen molar-refractivity contribution in [3.63, 3.8) is 0 Å². The van der Waals surface area contributed by atoms with Gasteiger partial charge in [-0.05, 0) is 43.9 Å². The summed E-state index contributed by atoms with van der Waals surface area (Å²) in [6.07, 6.45) is 2.31. The van der Waals surface area contributed by atoms with Crippen molar-refractivity contribution in [2.75, 3.05) is 49.1 Å². The monoisotopic (exact) mass is 379 g/mol. The van der Waals surface area contributed by atoms with E-state index < -0.39 is 0 Å². The molecule has 0 atom stereocenters. The third kappa shape index (κ3) is 4.11. The molecule has 0 bridgehead atoms. The van der Waals surface area contributed by atoms with Crippen LogP contribution in [0.2, 0.25) is 0 Å². The molecule has 0 N–H and O–H groups in total. The summed E-state index contributed by atoms with van der Waals surface area (Å²) < 4.78 is 0. The maximum atomic E-state index is 13.1. The van der Waals surface area contributed by atoms with E-state index >= 15 is 0 Å². The van der Waals surface area contributed by atoms with Gasteiger partial charge in [0.1, 0.15) is 5.69 Å². The summed E-state index contributed by atoms with van der Waals surface area (Å²) in [5.41, 5.74) is 2.60. The second-order valence-electron chi connectivity index (χ2n) is 7.98. The fraction of sp³-hybridized carbons (Fsp3) is 0.500. The number of para-hydroxylation sites is 1. The number of carbonyl (C=O) groups excluding carboxylic acids is 1. The molecule has 1 aromatic carbocycles. The van der Waals surface area contributed by atoms with Gasteiger partial charge in [0.25, 0.3) is 5.91 Å². The first-order chi connectivity index (χ1) is 13.6. The molecule has 1 amide bonds. The largest absolute Gasteiger partial charge is 0.368 e. The second kappa shape index (κ2) is 8.17. The Bertz CT molecular complexity index is 809. The van der Waals surface area contributed by atoms with Crippen LogP contribution in [0.3, 0.4) is 0 Å². The number of hydrogen-bond acceptors (Lipinski definition) is 5. The minimum atomic E-state index is 0.0184. The zero-order valence-corrected chi connectivity index (χ0v) is 16.8. The molecule has 2 fully saturated rings. The summed E-state index contributed by atoms with van der Waals surface area (Å²) in [4.78, 5) is 28.8. The molecule has 6 nitrogen and oxygen atoms in total. The standard InChI is InChI=1S/C22H29N5O/c1-17-8-10-27(11-9-17)22-23-18(2)16-20(24-22)21(28)26-14-12-25(13-15-26)19-6-4-3-5-7-19/h3-7,16-17H,8-15H2,1-2H3. The molecule has 0 saturated carbocycles. The third-order valence-electron chi connectivity index (χ3n) is 5.82. The van der Waals surface area contributed by atoms with E-state index in [4.69, 9.17) is 0 Å². The second-order valence-corrected chi connectivity index (χ2v) is 7.98. The zero-order chi connectivity index (χ0) is 19.5. The summed E-state index contributed by atoms with van der Waals surface area (Å²) in [6, 6.07) is 12.2. The molecular formula is C22H29N5O. The van der Waals surface area contributed by atoms with Crippen LogP contribution in [0.1, 0.15) is 35.9 Å². The van der Waals surface area contributed by atoms with Crippen molar-refractivity contribution < 1.29 is 4.79 Å². The lowest BCUT2D eigenvalue weighted by Gasteiger charge is -2.36. The average Bonchev–Trinajstić information content (AvgIpc) is 2.74. The molecular weight excluding hydrogens is 350 g/mol. The van der Waals surface area contributed by atoms with E-state index in [9.17, 15) is 4.79 Å². The number of anilines is 2. The minimum absolute atomic E-state index is 0.0184. The van der Waals surface area contributed by atoms with Crippen molar-refractivity contribution in [3.8, 4) is 0 Å². The molecule has 1 aromatic heterocycles. The van der Waals surface area contributed by atoms with Crippen molar-refractivity contribution in [2.45, 2.75) is 26.7 Å². The topological polar surface area (TPSA) is 52.6 Å². The van der Waals surface area contributed by atoms with Gasteiger partial charge >= 0.3 is 0 Å². The number of aryl methyl sites for hydroxylation is 1. The lowest BCUT2D eigenvalue weighted by atomic mass is 10.00. The predicted molar refractivity (Wildman–Crippen MR) is 112 cm³/mol. The summed E-state index contributed by atoms with van der Waals surface area (Å²) in [5, 5.41) is 0. The Morgan fingerprint density at radius 1 is 0.929 bits per heavy atom. The number of carbonyl (C=O) groups is 1. The SMILES string of the molecule is Cc1cc(C(=O)N2CCN(c3ccccc3)CC2)nc(N2CCC(C)CC2)n1. The van der Waals surface area contributed by atoms with Crippen molar-refractivity contribution in [1.82, 2.24) is 14.9 Å². The van der Waals surface area contributed by atoms with E-state index in [1.807, 2.05) is 24.0 Å². The minimum Gasteiger partial charge on any atom is -0.368 e. The number of hydrogen-bond donors (Lipinski definition) is 0. The van der Waals surface area contributed by atoms with Crippen LogP contribution in [-0.4, -0.2) is 60.0 Å². The highest BCUT2D eigenvalue weighted by Gasteiger charge is 2.25. The fourth-order valence-electron chi connectivity index (χ4n) is 3.98. The molecule has 2 aliphatic rings. The Balaban J connectivity index is 1.43. The van der Waals surface area contributed by atoms with Crippen LogP contribution < -0.4 is 9.80 Å². The number of benzene rings is 1. The molecule has 148 valence electrons. The Hall–Kier alpha value is -2.63. The smallest absolute Gasteiger partial charge is 0.272 e. The molecule has 3 heterocycles. The van der Waals surface area contributed by atoms with E-state index in [1.54, 1.807) is 0 Å². The van der Waals surface area contributed by atoms with Crippen LogP contribution in [0, 0.1) is 12.8 Å². The van der Waals surface area contributed by atoms with Gasteiger partial charge in [-0.2, -0.15) is 0 Å². The van der Waals surface area contributed by atoms with Gasteiger partial charge in [-0.25, -0.2) is 9.97 Å². The van der Waals surface area contributed by atoms with Crippen LogP contribution in [-0.2, 0) is 0 Å². The number of aromatic nitrogens is 2. The Labute approximate surface area is 167 Å². The molecule has 6 heteroatoms. The van der Waals surface area contributed by atoms with Crippen molar-refractivity contribution >= 4 is 17.5 Å². The van der Waals surface area contributed by atoms with Gasteiger partial charge in [0.05, 0.1) is 0 Å². The quantitative estimate of drug-likeness (QED) is 0.821. The molecule has 0 unspecified atom stereocenters. The van der Waals surface area contributed by atoms with Crippen LogP contribution in [0.5, 0.6) is 0 Å². The summed E-state index contributed by atoms with van der Waals surface area (Å²) in [5.74, 6) is 1.48. The summed E-state index contributed by atoms with van der Waals surface area (Å²) >= 11 is 0. The molecule has 0 aliphatic carbocycles. The van der Waals surface area contributed by atoms with Gasteiger partial charge in [0.15, 0.2) is 0 Å². The van der Waals surface area contributed by atoms with Crippen LogP contribution in [0.15, 0.2) is 36.4 Å². The van der Waals surface area contributed by atoms with Gasteiger partial charge in [0.2, 0.25) is 5.95 Å². The van der Waals surface area contributed by atoms with E-state index in [0.29, 0.717) is 24.7 Å². The number of rotatable bonds is 3. The van der Waals surface area contributed by atoms with Crippen molar-refractivity contribution in [3.05, 3.63) is 47.8 Å². The average molecular weight is 380 g/mol. The predicted octanol–water partition coefficient (Wildman–Crippen LogP) is 2.98. The van der Waals surface area contributed by atoms with Gasteiger partial charge in [-0.1, -0.05) is 25.1 Å². The van der Waals surface area contributed by atoms with Gasteiger partial charge in [-0.15, -0.1) is 0 Å². The Morgan fingerprint density at radius 3 is 2.29 bits per heavy atom. The number of amides is 1. The fourth-order valence-corrected chi connectivity index (χ4v) is 3.98. The molecule has 2 aliphatic heterocycles. The normalized spacial score (nSPS) is 18.4. The van der Waals surface area contributed by atoms with Gasteiger partial charge in [0, 0.05) is 50.6 Å². The maximum Gasteiger partial charge on any atom is 0.272 e. The van der Waals surface area contributed by atoms with E-state index in [0.717, 1.165) is 50.6 Å². The number of piperazine rings is 1. The molecule has 0 radical (unpaired) electrons. The van der Waals surface area contributed by atoms with Crippen molar-refractivity contribution in [1.29, 1.82) is 0 Å². The highest BCUT2D eigenvalue weighted by atomic mass is 16.2. The highest BCUT2D eigenvalue weighted by Crippen LogP contribution is 2.21. The zero-order valence-electron chi connectivity index (χ0n) is 16.8. The highest BCUT2D eigenvalue weighted by molar-refractivity contribution is 5.93. The molecule has 28 heavy (non-hydrogen) atoms. The van der Waals surface area contributed by atoms with Crippen LogP contribution >= 0.6 is 0 Å². The third-order valence-corrected chi connectivity index (χ3v) is 5.82. The molecule has 4 rings (SSSR count). The van der Waals surface area contributed by atoms with E-state index in [-0.39, 0.29) is 5.91 Å². The summed E-state index contributed by atoms with van der Waals surface area (Å²) in [7, 11) is 0. The lowest BCUT2D eigenvalue weighted by Crippen LogP contribution is -2.49. The first kappa shape index (κ1) is 18.7. The van der Waals surface area contributed by atoms with E-state index in [2.05, 4.69) is 51.0 Å². The van der Waals surface area contributed by atoms with Gasteiger partial charge < -0.3 is 14.7 Å². The lowest BCUT2D eigenvalue weighted by molar-refractivity contribution is 0.0740. The number of piperidine rings is 1. The maximum absolute atomic E-state index is 13.1. The van der Waals surface area contributed by atoms with Crippen LogP contribution in [0.25, 0.3) is 0 Å². The summed E-state index contributed by atoms with van der Waals surface area (Å²) in [6.45, 7) is 9.29. The molecule has 0 spiro atoms. The Kier molecular flexibility index (Phi) is 5.46.